The lowest BCUT2D eigenvalue weighted by Gasteiger charge is -2.14. The predicted molar refractivity (Wildman–Crippen MR) is 130 cm³/mol. The van der Waals surface area contributed by atoms with Crippen molar-refractivity contribution >= 4 is 23.7 Å². The summed E-state index contributed by atoms with van der Waals surface area (Å²) in [5.41, 5.74) is 2.37. The molecule has 3 amide bonds. The van der Waals surface area contributed by atoms with Gasteiger partial charge in [-0.2, -0.15) is 4.98 Å². The van der Waals surface area contributed by atoms with Gasteiger partial charge in [0.25, 0.3) is 17.7 Å². The van der Waals surface area contributed by atoms with Crippen LogP contribution in [0.4, 0.5) is 5.95 Å². The maximum absolute atomic E-state index is 12.9. The SMILES string of the molecule is COc1ccc(-c2nc(NC(=O)c3cccc(CN4C(=O)c5ccccc5C4=O)c3)n[nH]2)c(OC)c1. The molecule has 0 radical (unpaired) electrons. The fraction of sp³-hybridized carbons (Fsp3) is 0.115. The summed E-state index contributed by atoms with van der Waals surface area (Å²) in [5, 5.41) is 9.52. The topological polar surface area (TPSA) is 127 Å². The molecule has 0 bridgehead atoms. The number of hydrogen-bond donors (Lipinski definition) is 2. The lowest BCUT2D eigenvalue weighted by molar-refractivity contribution is 0.0642. The van der Waals surface area contributed by atoms with Crippen LogP contribution in [0.2, 0.25) is 0 Å². The van der Waals surface area contributed by atoms with Crippen LogP contribution in [-0.2, 0) is 6.54 Å². The highest BCUT2D eigenvalue weighted by Gasteiger charge is 2.35. The van der Waals surface area contributed by atoms with E-state index in [1.54, 1.807) is 73.8 Å². The van der Waals surface area contributed by atoms with Crippen molar-refractivity contribution in [3.8, 4) is 22.9 Å². The molecule has 0 saturated heterocycles. The number of ether oxygens (including phenoxy) is 2. The number of hydrogen-bond acceptors (Lipinski definition) is 7. The Labute approximate surface area is 205 Å². The molecule has 36 heavy (non-hydrogen) atoms. The highest BCUT2D eigenvalue weighted by molar-refractivity contribution is 6.21. The lowest BCUT2D eigenvalue weighted by atomic mass is 10.1. The molecule has 0 aliphatic carbocycles. The van der Waals surface area contributed by atoms with E-state index < -0.39 is 5.91 Å². The summed E-state index contributed by atoms with van der Waals surface area (Å²) in [7, 11) is 3.09. The molecule has 0 spiro atoms. The molecule has 3 aromatic carbocycles. The minimum absolute atomic E-state index is 0.0511. The van der Waals surface area contributed by atoms with E-state index in [9.17, 15) is 14.4 Å². The summed E-state index contributed by atoms with van der Waals surface area (Å²) in [5.74, 6) is 0.503. The number of amides is 3. The molecule has 0 atom stereocenters. The highest BCUT2D eigenvalue weighted by atomic mass is 16.5. The van der Waals surface area contributed by atoms with E-state index in [0.29, 0.717) is 45.1 Å². The van der Waals surface area contributed by atoms with Crippen molar-refractivity contribution in [3.63, 3.8) is 0 Å². The van der Waals surface area contributed by atoms with Crippen LogP contribution in [0.3, 0.4) is 0 Å². The normalized spacial score (nSPS) is 12.4. The minimum Gasteiger partial charge on any atom is -0.497 e. The Morgan fingerprint density at radius 3 is 2.36 bits per heavy atom. The van der Waals surface area contributed by atoms with Crippen LogP contribution < -0.4 is 14.8 Å². The summed E-state index contributed by atoms with van der Waals surface area (Å²) >= 11 is 0. The molecule has 2 heterocycles. The fourth-order valence-corrected chi connectivity index (χ4v) is 3.98. The quantitative estimate of drug-likeness (QED) is 0.385. The molecule has 0 fully saturated rings. The van der Waals surface area contributed by atoms with Gasteiger partial charge in [-0.1, -0.05) is 24.3 Å². The van der Waals surface area contributed by atoms with Gasteiger partial charge in [0.05, 0.1) is 37.5 Å². The van der Waals surface area contributed by atoms with Gasteiger partial charge in [-0.05, 0) is 42.0 Å². The van der Waals surface area contributed by atoms with E-state index in [1.165, 1.54) is 12.0 Å². The van der Waals surface area contributed by atoms with Gasteiger partial charge < -0.3 is 9.47 Å². The van der Waals surface area contributed by atoms with Gasteiger partial charge in [0.2, 0.25) is 5.95 Å². The van der Waals surface area contributed by atoms with Crippen LogP contribution >= 0.6 is 0 Å². The number of carbonyl (C=O) groups is 3. The van der Waals surface area contributed by atoms with Crippen LogP contribution in [0.15, 0.2) is 66.7 Å². The number of nitrogens with zero attached hydrogens (tertiary/aromatic N) is 3. The molecule has 10 nitrogen and oxygen atoms in total. The van der Waals surface area contributed by atoms with E-state index in [2.05, 4.69) is 20.5 Å². The van der Waals surface area contributed by atoms with Crippen LogP contribution in [0, 0.1) is 0 Å². The Morgan fingerprint density at radius 1 is 0.917 bits per heavy atom. The number of carbonyl (C=O) groups excluding carboxylic acids is 3. The number of aromatic amines is 1. The highest BCUT2D eigenvalue weighted by Crippen LogP contribution is 2.31. The first-order valence-electron chi connectivity index (χ1n) is 11.0. The lowest BCUT2D eigenvalue weighted by Crippen LogP contribution is -2.29. The van der Waals surface area contributed by atoms with Gasteiger partial charge in [0.15, 0.2) is 5.82 Å². The summed E-state index contributed by atoms with van der Waals surface area (Å²) in [6, 6.07) is 18.6. The largest absolute Gasteiger partial charge is 0.497 e. The molecule has 2 N–H and O–H groups in total. The van der Waals surface area contributed by atoms with Crippen molar-refractivity contribution in [2.75, 3.05) is 19.5 Å². The molecule has 0 saturated carbocycles. The molecule has 0 unspecified atom stereocenters. The molecular weight excluding hydrogens is 462 g/mol. The number of aromatic nitrogens is 3. The van der Waals surface area contributed by atoms with Crippen molar-refractivity contribution in [1.29, 1.82) is 0 Å². The molecule has 1 aromatic heterocycles. The zero-order valence-corrected chi connectivity index (χ0v) is 19.4. The van der Waals surface area contributed by atoms with Crippen molar-refractivity contribution in [2.45, 2.75) is 6.54 Å². The molecule has 1 aliphatic heterocycles. The van der Waals surface area contributed by atoms with Crippen LogP contribution in [0.1, 0.15) is 36.6 Å². The number of fused-ring (bicyclic) bond motifs is 1. The minimum atomic E-state index is -0.438. The Bertz CT molecular complexity index is 1460. The summed E-state index contributed by atoms with van der Waals surface area (Å²) in [4.78, 5) is 43.7. The van der Waals surface area contributed by atoms with Crippen molar-refractivity contribution in [3.05, 3.63) is 89.0 Å². The Kier molecular flexibility index (Phi) is 5.91. The monoisotopic (exact) mass is 483 g/mol. The maximum Gasteiger partial charge on any atom is 0.261 e. The third-order valence-electron chi connectivity index (χ3n) is 5.78. The Morgan fingerprint density at radius 2 is 1.67 bits per heavy atom. The number of rotatable bonds is 7. The van der Waals surface area contributed by atoms with E-state index >= 15 is 0 Å². The summed E-state index contributed by atoms with van der Waals surface area (Å²) < 4.78 is 10.6. The van der Waals surface area contributed by atoms with E-state index in [4.69, 9.17) is 9.47 Å². The summed E-state index contributed by atoms with van der Waals surface area (Å²) in [6.45, 7) is 0.0511. The van der Waals surface area contributed by atoms with Crippen molar-refractivity contribution in [2.24, 2.45) is 0 Å². The smallest absolute Gasteiger partial charge is 0.261 e. The number of nitrogens with one attached hydrogen (secondary N) is 2. The third kappa shape index (κ3) is 4.16. The zero-order chi connectivity index (χ0) is 25.2. The zero-order valence-electron chi connectivity index (χ0n) is 19.4. The number of anilines is 1. The summed E-state index contributed by atoms with van der Waals surface area (Å²) in [6.07, 6.45) is 0. The Hall–Kier alpha value is -4.99. The van der Waals surface area contributed by atoms with Crippen LogP contribution in [0.5, 0.6) is 11.5 Å². The first kappa shape index (κ1) is 22.8. The molecule has 10 heteroatoms. The maximum atomic E-state index is 12.9. The van der Waals surface area contributed by atoms with Crippen LogP contribution in [-0.4, -0.2) is 52.0 Å². The second kappa shape index (κ2) is 9.34. The van der Waals surface area contributed by atoms with E-state index in [1.807, 2.05) is 0 Å². The molecule has 5 rings (SSSR count). The van der Waals surface area contributed by atoms with Gasteiger partial charge in [-0.3, -0.25) is 29.7 Å². The Balaban J connectivity index is 1.30. The van der Waals surface area contributed by atoms with Gasteiger partial charge >= 0.3 is 0 Å². The van der Waals surface area contributed by atoms with E-state index in [-0.39, 0.29) is 24.3 Å². The second-order valence-corrected chi connectivity index (χ2v) is 7.97. The number of benzene rings is 3. The molecular formula is C26H21N5O5. The fourth-order valence-electron chi connectivity index (χ4n) is 3.98. The van der Waals surface area contributed by atoms with E-state index in [0.717, 1.165) is 0 Å². The van der Waals surface area contributed by atoms with Gasteiger partial charge in [-0.25, -0.2) is 0 Å². The molecule has 4 aromatic rings. The van der Waals surface area contributed by atoms with Gasteiger partial charge in [-0.15, -0.1) is 5.10 Å². The number of methoxy groups -OCH3 is 2. The average molecular weight is 483 g/mol. The first-order chi connectivity index (χ1) is 17.5. The van der Waals surface area contributed by atoms with Gasteiger partial charge in [0, 0.05) is 11.6 Å². The standard InChI is InChI=1S/C26H21N5O5/c1-35-17-10-11-20(21(13-17)36-2)22-27-26(30-29-22)28-23(32)16-7-5-6-15(12-16)14-31-24(33)18-8-3-4-9-19(18)25(31)34/h3-13H,14H2,1-2H3,(H2,27,28,29,30,32). The van der Waals surface area contributed by atoms with Crippen LogP contribution in [0.25, 0.3) is 11.4 Å². The van der Waals surface area contributed by atoms with Gasteiger partial charge in [0.1, 0.15) is 11.5 Å². The average Bonchev–Trinajstić information content (AvgIpc) is 3.47. The number of imide groups is 1. The predicted octanol–water partition coefficient (Wildman–Crippen LogP) is 3.54. The first-order valence-corrected chi connectivity index (χ1v) is 11.0. The second-order valence-electron chi connectivity index (χ2n) is 7.97. The third-order valence-corrected chi connectivity index (χ3v) is 5.78. The van der Waals surface area contributed by atoms with Crippen molar-refractivity contribution < 1.29 is 23.9 Å². The van der Waals surface area contributed by atoms with Crippen molar-refractivity contribution in [1.82, 2.24) is 20.1 Å². The molecule has 180 valence electrons. The number of H-pyrrole nitrogens is 1. The molecule has 1 aliphatic rings.